The first kappa shape index (κ1) is 15.0. The quantitative estimate of drug-likeness (QED) is 0.780. The minimum Gasteiger partial charge on any atom is -0.307 e. The monoisotopic (exact) mass is 365 g/mol. The fraction of sp³-hybridized carbons (Fsp3) is 0.167. The van der Waals surface area contributed by atoms with Gasteiger partial charge in [0.1, 0.15) is 0 Å². The third-order valence-corrected chi connectivity index (χ3v) is 4.14. The Balaban J connectivity index is 2.29. The van der Waals surface area contributed by atoms with Crippen molar-refractivity contribution >= 4 is 33.0 Å². The number of Topliss-reactive ketones (excluding diaryl/α,β-unsaturated/α-hetero) is 1. The molecule has 0 N–H and O–H groups in total. The highest BCUT2D eigenvalue weighted by Gasteiger charge is 2.31. The fourth-order valence-corrected chi connectivity index (χ4v) is 2.84. The summed E-state index contributed by atoms with van der Waals surface area (Å²) in [5.41, 5.74) is -1.61. The van der Waals surface area contributed by atoms with E-state index in [9.17, 15) is 22.8 Å². The molecule has 2 rings (SSSR count). The summed E-state index contributed by atoms with van der Waals surface area (Å²) in [5, 5.41) is 0. The molecule has 0 amide bonds. The van der Waals surface area contributed by atoms with E-state index in [1.807, 2.05) is 0 Å². The molecule has 0 bridgehead atoms. The number of ketones is 1. The van der Waals surface area contributed by atoms with Crippen molar-refractivity contribution in [3.63, 3.8) is 0 Å². The van der Waals surface area contributed by atoms with Gasteiger partial charge in [0.2, 0.25) is 0 Å². The summed E-state index contributed by atoms with van der Waals surface area (Å²) in [4.78, 5) is 23.8. The van der Waals surface area contributed by atoms with Crippen LogP contribution >= 0.6 is 27.3 Å². The molecule has 0 atom stereocenters. The Labute approximate surface area is 123 Å². The molecule has 0 saturated carbocycles. The van der Waals surface area contributed by atoms with Crippen molar-refractivity contribution in [2.24, 2.45) is 0 Å². The first-order valence-corrected chi connectivity index (χ1v) is 6.94. The number of pyridine rings is 1. The average Bonchev–Trinajstić information content (AvgIpc) is 2.77. The highest BCUT2D eigenvalue weighted by molar-refractivity contribution is 9.11. The lowest BCUT2D eigenvalue weighted by Gasteiger charge is -2.09. The van der Waals surface area contributed by atoms with E-state index < -0.39 is 29.6 Å². The summed E-state index contributed by atoms with van der Waals surface area (Å²) in [6, 6.07) is 4.72. The van der Waals surface area contributed by atoms with Crippen LogP contribution in [0.15, 0.2) is 39.0 Å². The topological polar surface area (TPSA) is 39.1 Å². The molecule has 0 unspecified atom stereocenters. The largest absolute Gasteiger partial charge is 0.417 e. The Morgan fingerprint density at radius 1 is 1.25 bits per heavy atom. The Bertz CT molecular complexity index is 705. The number of carbonyl (C=O) groups is 1. The molecule has 106 valence electrons. The molecule has 2 aromatic rings. The van der Waals surface area contributed by atoms with Gasteiger partial charge in [-0.3, -0.25) is 9.59 Å². The van der Waals surface area contributed by atoms with E-state index >= 15 is 0 Å². The van der Waals surface area contributed by atoms with Crippen molar-refractivity contribution in [2.45, 2.75) is 12.7 Å². The molecule has 2 aromatic heterocycles. The maximum atomic E-state index is 12.6. The van der Waals surface area contributed by atoms with Crippen molar-refractivity contribution in [1.82, 2.24) is 4.57 Å². The first-order chi connectivity index (χ1) is 9.27. The second-order valence-corrected chi connectivity index (χ2v) is 6.37. The summed E-state index contributed by atoms with van der Waals surface area (Å²) < 4.78 is 39.2. The standard InChI is InChI=1S/C12H7BrF3NO2S/c13-10-3-2-9(20-10)8(18)6-17-5-7(12(14,15)16)1-4-11(17)19/h1-5H,6H2. The molecule has 20 heavy (non-hydrogen) atoms. The van der Waals surface area contributed by atoms with E-state index in [0.29, 0.717) is 17.1 Å². The van der Waals surface area contributed by atoms with Gasteiger partial charge in [-0.1, -0.05) is 0 Å². The molecule has 0 aromatic carbocycles. The number of nitrogens with zero attached hydrogens (tertiary/aromatic N) is 1. The van der Waals surface area contributed by atoms with Crippen LogP contribution in [0.4, 0.5) is 13.2 Å². The maximum Gasteiger partial charge on any atom is 0.417 e. The summed E-state index contributed by atoms with van der Waals surface area (Å²) >= 11 is 4.35. The van der Waals surface area contributed by atoms with Crippen LogP contribution in [0.3, 0.4) is 0 Å². The first-order valence-electron chi connectivity index (χ1n) is 5.33. The molecule has 0 radical (unpaired) electrons. The number of aromatic nitrogens is 1. The van der Waals surface area contributed by atoms with Gasteiger partial charge in [-0.05, 0) is 34.1 Å². The van der Waals surface area contributed by atoms with E-state index in [4.69, 9.17) is 0 Å². The van der Waals surface area contributed by atoms with Crippen LogP contribution in [0.2, 0.25) is 0 Å². The van der Waals surface area contributed by atoms with Crippen molar-refractivity contribution < 1.29 is 18.0 Å². The van der Waals surface area contributed by atoms with E-state index in [0.717, 1.165) is 25.8 Å². The molecular weight excluding hydrogens is 359 g/mol. The molecule has 0 aliphatic heterocycles. The molecule has 8 heteroatoms. The van der Waals surface area contributed by atoms with E-state index in [2.05, 4.69) is 15.9 Å². The molecular formula is C12H7BrF3NO2S. The smallest absolute Gasteiger partial charge is 0.307 e. The minimum atomic E-state index is -4.55. The molecule has 2 heterocycles. The van der Waals surface area contributed by atoms with Gasteiger partial charge >= 0.3 is 6.18 Å². The molecule has 0 spiro atoms. The average molecular weight is 366 g/mol. The molecule has 0 saturated heterocycles. The Kier molecular flexibility index (Phi) is 4.14. The lowest BCUT2D eigenvalue weighted by Crippen LogP contribution is -2.24. The third-order valence-electron chi connectivity index (χ3n) is 2.47. The maximum absolute atomic E-state index is 12.6. The molecule has 3 nitrogen and oxygen atoms in total. The number of hydrogen-bond acceptors (Lipinski definition) is 3. The van der Waals surface area contributed by atoms with E-state index in [-0.39, 0.29) is 0 Å². The number of halogens is 4. The van der Waals surface area contributed by atoms with Gasteiger partial charge in [-0.15, -0.1) is 11.3 Å². The zero-order chi connectivity index (χ0) is 14.9. The summed E-state index contributed by atoms with van der Waals surface area (Å²) in [6.45, 7) is -0.421. The second-order valence-electron chi connectivity index (χ2n) is 3.91. The van der Waals surface area contributed by atoms with Gasteiger partial charge in [0, 0.05) is 12.3 Å². The number of hydrogen-bond donors (Lipinski definition) is 0. The summed E-state index contributed by atoms with van der Waals surface area (Å²) in [6.07, 6.45) is -3.90. The molecule has 0 fully saturated rings. The van der Waals surface area contributed by atoms with Gasteiger partial charge in [0.15, 0.2) is 5.78 Å². The van der Waals surface area contributed by atoms with Gasteiger partial charge in [-0.25, -0.2) is 0 Å². The zero-order valence-corrected chi connectivity index (χ0v) is 12.2. The van der Waals surface area contributed by atoms with Crippen LogP contribution in [0.5, 0.6) is 0 Å². The van der Waals surface area contributed by atoms with Gasteiger partial charge in [-0.2, -0.15) is 13.2 Å². The van der Waals surface area contributed by atoms with E-state index in [1.165, 1.54) is 0 Å². The fourth-order valence-electron chi connectivity index (χ4n) is 1.52. The highest BCUT2D eigenvalue weighted by Crippen LogP contribution is 2.28. The zero-order valence-electron chi connectivity index (χ0n) is 9.78. The van der Waals surface area contributed by atoms with Gasteiger partial charge in [0.05, 0.1) is 20.8 Å². The van der Waals surface area contributed by atoms with Crippen LogP contribution < -0.4 is 5.56 Å². The Morgan fingerprint density at radius 3 is 2.50 bits per heavy atom. The Morgan fingerprint density at radius 2 is 1.95 bits per heavy atom. The van der Waals surface area contributed by atoms with Crippen LogP contribution in [0, 0.1) is 0 Å². The minimum absolute atomic E-state index is 0.376. The highest BCUT2D eigenvalue weighted by atomic mass is 79.9. The van der Waals surface area contributed by atoms with Crippen LogP contribution in [0.1, 0.15) is 15.2 Å². The summed E-state index contributed by atoms with van der Waals surface area (Å²) in [7, 11) is 0. The van der Waals surface area contributed by atoms with Crippen LogP contribution in [-0.4, -0.2) is 10.4 Å². The van der Waals surface area contributed by atoms with Crippen molar-refractivity contribution in [1.29, 1.82) is 0 Å². The number of thiophene rings is 1. The van der Waals surface area contributed by atoms with Gasteiger partial charge < -0.3 is 4.57 Å². The third kappa shape index (κ3) is 3.37. The second kappa shape index (κ2) is 5.53. The Hall–Kier alpha value is -1.41. The molecule has 0 aliphatic carbocycles. The van der Waals surface area contributed by atoms with Crippen LogP contribution in [0.25, 0.3) is 0 Å². The predicted molar refractivity (Wildman–Crippen MR) is 72.1 cm³/mol. The normalized spacial score (nSPS) is 11.6. The van der Waals surface area contributed by atoms with Crippen molar-refractivity contribution in [2.75, 3.05) is 0 Å². The van der Waals surface area contributed by atoms with E-state index in [1.54, 1.807) is 12.1 Å². The predicted octanol–water partition coefficient (Wildman–Crippen LogP) is 3.57. The number of rotatable bonds is 3. The number of carbonyl (C=O) groups excluding carboxylic acids is 1. The summed E-state index contributed by atoms with van der Waals surface area (Å²) in [5.74, 6) is -0.415. The van der Waals surface area contributed by atoms with Crippen molar-refractivity contribution in [3.05, 3.63) is 55.0 Å². The SMILES string of the molecule is O=C(Cn1cc(C(F)(F)F)ccc1=O)c1ccc(Br)s1. The lowest BCUT2D eigenvalue weighted by atomic mass is 10.2. The van der Waals surface area contributed by atoms with Gasteiger partial charge in [0.25, 0.3) is 5.56 Å². The molecule has 0 aliphatic rings. The van der Waals surface area contributed by atoms with Crippen LogP contribution in [-0.2, 0) is 12.7 Å². The lowest BCUT2D eigenvalue weighted by molar-refractivity contribution is -0.138. The van der Waals surface area contributed by atoms with Crippen molar-refractivity contribution in [3.8, 4) is 0 Å². The number of alkyl halides is 3.